The van der Waals surface area contributed by atoms with Crippen molar-refractivity contribution in [1.29, 1.82) is 0 Å². The van der Waals surface area contributed by atoms with E-state index in [1.54, 1.807) is 42.5 Å². The van der Waals surface area contributed by atoms with Crippen molar-refractivity contribution in [2.45, 2.75) is 96.1 Å². The SMILES string of the molecule is CCCC(CCC)CC[C@@H](NC(=O)c1cccnc1)C(=O)N[C@@H](Cc1cc(F)cc(F)c1)[C@@H](O)[C@H](O)[C@@H](C)NC(=O)c1ccccc1. The maximum absolute atomic E-state index is 14.1. The summed E-state index contributed by atoms with van der Waals surface area (Å²) in [5.41, 5.74) is 0.730. The molecule has 5 atom stereocenters. The van der Waals surface area contributed by atoms with Crippen LogP contribution in [0.3, 0.4) is 0 Å². The Morgan fingerprint density at radius 3 is 1.98 bits per heavy atom. The number of benzene rings is 2. The molecule has 0 saturated carbocycles. The van der Waals surface area contributed by atoms with Gasteiger partial charge < -0.3 is 26.2 Å². The summed E-state index contributed by atoms with van der Waals surface area (Å²) in [5.74, 6) is -2.98. The molecule has 254 valence electrons. The Bertz CT molecular complexity index is 1400. The van der Waals surface area contributed by atoms with Crippen molar-refractivity contribution in [2.75, 3.05) is 0 Å². The average molecular weight is 653 g/mol. The Kier molecular flexibility index (Phi) is 14.9. The van der Waals surface area contributed by atoms with Crippen molar-refractivity contribution in [3.05, 3.63) is 101 Å². The summed E-state index contributed by atoms with van der Waals surface area (Å²) in [4.78, 5) is 43.7. The number of aromatic nitrogens is 1. The number of halogens is 2. The fourth-order valence-corrected chi connectivity index (χ4v) is 5.68. The first-order valence-electron chi connectivity index (χ1n) is 16.2. The van der Waals surface area contributed by atoms with Gasteiger partial charge in [-0.05, 0) is 74.1 Å². The molecule has 1 aromatic heterocycles. The van der Waals surface area contributed by atoms with E-state index in [0.717, 1.165) is 37.8 Å². The number of hydrogen-bond acceptors (Lipinski definition) is 6. The molecule has 5 N–H and O–H groups in total. The normalized spacial score (nSPS) is 14.5. The molecule has 11 heteroatoms. The van der Waals surface area contributed by atoms with E-state index in [4.69, 9.17) is 0 Å². The van der Waals surface area contributed by atoms with E-state index < -0.39 is 59.7 Å². The van der Waals surface area contributed by atoms with Gasteiger partial charge in [-0.2, -0.15) is 0 Å². The van der Waals surface area contributed by atoms with E-state index in [0.29, 0.717) is 30.4 Å². The van der Waals surface area contributed by atoms with Gasteiger partial charge in [0, 0.05) is 24.0 Å². The van der Waals surface area contributed by atoms with E-state index >= 15 is 0 Å². The van der Waals surface area contributed by atoms with Gasteiger partial charge in [-0.25, -0.2) is 8.78 Å². The molecule has 47 heavy (non-hydrogen) atoms. The van der Waals surface area contributed by atoms with E-state index in [1.807, 2.05) is 0 Å². The summed E-state index contributed by atoms with van der Waals surface area (Å²) >= 11 is 0. The first-order valence-corrected chi connectivity index (χ1v) is 16.2. The number of aliphatic hydroxyl groups is 2. The Hall–Kier alpha value is -4.22. The zero-order chi connectivity index (χ0) is 34.3. The lowest BCUT2D eigenvalue weighted by atomic mass is 9.90. The van der Waals surface area contributed by atoms with Crippen LogP contribution >= 0.6 is 0 Å². The second-order valence-corrected chi connectivity index (χ2v) is 12.0. The molecule has 0 aliphatic carbocycles. The smallest absolute Gasteiger partial charge is 0.253 e. The number of amides is 3. The maximum Gasteiger partial charge on any atom is 0.253 e. The maximum atomic E-state index is 14.1. The lowest BCUT2D eigenvalue weighted by molar-refractivity contribution is -0.125. The van der Waals surface area contributed by atoms with Crippen molar-refractivity contribution in [1.82, 2.24) is 20.9 Å². The lowest BCUT2D eigenvalue weighted by Crippen LogP contribution is -2.58. The van der Waals surface area contributed by atoms with Gasteiger partial charge in [0.25, 0.3) is 11.8 Å². The van der Waals surface area contributed by atoms with Gasteiger partial charge in [0.05, 0.1) is 17.6 Å². The molecule has 0 fully saturated rings. The number of aliphatic hydroxyl groups excluding tert-OH is 2. The van der Waals surface area contributed by atoms with Crippen molar-refractivity contribution < 1.29 is 33.4 Å². The van der Waals surface area contributed by atoms with Crippen molar-refractivity contribution in [3.8, 4) is 0 Å². The van der Waals surface area contributed by atoms with E-state index in [9.17, 15) is 33.4 Å². The molecule has 3 aromatic rings. The van der Waals surface area contributed by atoms with Crippen molar-refractivity contribution in [2.24, 2.45) is 5.92 Å². The fraction of sp³-hybridized carbons (Fsp3) is 0.444. The molecule has 1 heterocycles. The largest absolute Gasteiger partial charge is 0.388 e. The second-order valence-electron chi connectivity index (χ2n) is 12.0. The second kappa shape index (κ2) is 18.8. The molecule has 2 aromatic carbocycles. The molecule has 0 saturated heterocycles. The number of nitrogens with one attached hydrogen (secondary N) is 3. The van der Waals surface area contributed by atoms with Crippen LogP contribution < -0.4 is 16.0 Å². The minimum Gasteiger partial charge on any atom is -0.388 e. The predicted octanol–water partition coefficient (Wildman–Crippen LogP) is 4.72. The van der Waals surface area contributed by atoms with Crippen LogP contribution in [0.2, 0.25) is 0 Å². The summed E-state index contributed by atoms with van der Waals surface area (Å²) in [5, 5.41) is 30.7. The summed E-state index contributed by atoms with van der Waals surface area (Å²) in [6, 6.07) is 11.1. The van der Waals surface area contributed by atoms with Gasteiger partial charge >= 0.3 is 0 Å². The Morgan fingerprint density at radius 2 is 1.38 bits per heavy atom. The Balaban J connectivity index is 1.86. The van der Waals surface area contributed by atoms with Gasteiger partial charge in [-0.3, -0.25) is 19.4 Å². The molecule has 0 bridgehead atoms. The van der Waals surface area contributed by atoms with E-state index in [-0.39, 0.29) is 17.5 Å². The summed E-state index contributed by atoms with van der Waals surface area (Å²) < 4.78 is 28.3. The fourth-order valence-electron chi connectivity index (χ4n) is 5.68. The van der Waals surface area contributed by atoms with Gasteiger partial charge in [0.15, 0.2) is 0 Å². The zero-order valence-electron chi connectivity index (χ0n) is 27.2. The minimum atomic E-state index is -1.68. The van der Waals surface area contributed by atoms with Crippen LogP contribution in [0.25, 0.3) is 0 Å². The molecule has 0 radical (unpaired) electrons. The highest BCUT2D eigenvalue weighted by Gasteiger charge is 2.34. The number of pyridine rings is 1. The number of carbonyl (C=O) groups excluding carboxylic acids is 3. The Morgan fingerprint density at radius 1 is 0.766 bits per heavy atom. The molecule has 0 unspecified atom stereocenters. The Labute approximate surface area is 275 Å². The number of carbonyl (C=O) groups is 3. The molecule has 0 spiro atoms. The van der Waals surface area contributed by atoms with Crippen molar-refractivity contribution in [3.63, 3.8) is 0 Å². The van der Waals surface area contributed by atoms with Crippen LogP contribution in [-0.4, -0.2) is 63.3 Å². The first kappa shape index (κ1) is 37.2. The highest BCUT2D eigenvalue weighted by Crippen LogP contribution is 2.21. The van der Waals surface area contributed by atoms with Gasteiger partial charge in [0.1, 0.15) is 29.9 Å². The molecule has 0 aliphatic heterocycles. The lowest BCUT2D eigenvalue weighted by Gasteiger charge is -2.32. The van der Waals surface area contributed by atoms with Crippen LogP contribution in [0.1, 0.15) is 85.6 Å². The van der Waals surface area contributed by atoms with Crippen LogP contribution in [-0.2, 0) is 11.2 Å². The molecule has 3 rings (SSSR count). The minimum absolute atomic E-state index is 0.127. The van der Waals surface area contributed by atoms with Crippen LogP contribution in [0.15, 0.2) is 73.1 Å². The summed E-state index contributed by atoms with van der Waals surface area (Å²) in [6.45, 7) is 5.67. The number of rotatable bonds is 18. The average Bonchev–Trinajstić information content (AvgIpc) is 3.05. The first-order chi connectivity index (χ1) is 22.5. The van der Waals surface area contributed by atoms with Gasteiger partial charge in [-0.15, -0.1) is 0 Å². The highest BCUT2D eigenvalue weighted by molar-refractivity contribution is 5.97. The predicted molar refractivity (Wildman–Crippen MR) is 175 cm³/mol. The van der Waals surface area contributed by atoms with Crippen LogP contribution in [0, 0.1) is 17.6 Å². The molecular formula is C36H46F2N4O5. The molecule has 9 nitrogen and oxygen atoms in total. The molecule has 3 amide bonds. The third-order valence-corrected chi connectivity index (χ3v) is 8.18. The van der Waals surface area contributed by atoms with Crippen molar-refractivity contribution >= 4 is 17.7 Å². The van der Waals surface area contributed by atoms with Crippen LogP contribution in [0.4, 0.5) is 8.78 Å². The topological polar surface area (TPSA) is 141 Å². The number of nitrogens with zero attached hydrogens (tertiary/aromatic N) is 1. The number of hydrogen-bond donors (Lipinski definition) is 5. The molecular weight excluding hydrogens is 606 g/mol. The third-order valence-electron chi connectivity index (χ3n) is 8.18. The monoisotopic (exact) mass is 652 g/mol. The van der Waals surface area contributed by atoms with E-state index in [2.05, 4.69) is 34.8 Å². The summed E-state index contributed by atoms with van der Waals surface area (Å²) in [7, 11) is 0. The third kappa shape index (κ3) is 11.8. The van der Waals surface area contributed by atoms with Crippen LogP contribution in [0.5, 0.6) is 0 Å². The van der Waals surface area contributed by atoms with Gasteiger partial charge in [0.2, 0.25) is 5.91 Å². The standard InChI is InChI=1S/C36H46F2N4O5/c1-4-10-24(11-5-2)15-16-30(41-35(46)27-14-9-17-39-22-27)36(47)42-31(20-25-18-28(37)21-29(38)19-25)33(44)32(43)23(3)40-34(45)26-12-7-6-8-13-26/h6-9,12-14,17-19,21-24,30-33,43-44H,4-5,10-11,15-16,20H2,1-3H3,(H,40,45)(H,41,46)(H,42,47)/t23-,30-,31+,32-,33-/m1/s1. The summed E-state index contributed by atoms with van der Waals surface area (Å²) in [6.07, 6.45) is 4.20. The quantitative estimate of drug-likeness (QED) is 0.135. The zero-order valence-corrected chi connectivity index (χ0v) is 27.2. The highest BCUT2D eigenvalue weighted by atomic mass is 19.1. The van der Waals surface area contributed by atoms with Gasteiger partial charge in [-0.1, -0.05) is 57.7 Å². The molecule has 0 aliphatic rings. The van der Waals surface area contributed by atoms with E-state index in [1.165, 1.54) is 19.3 Å².